The number of carbonyl (C=O) groups is 2. The molecule has 0 saturated carbocycles. The lowest BCUT2D eigenvalue weighted by atomic mass is 9.84. The number of likely N-dealkylation sites (tertiary alicyclic amines) is 1. The van der Waals surface area contributed by atoms with Gasteiger partial charge in [0.1, 0.15) is 0 Å². The second-order valence-electron chi connectivity index (χ2n) is 10.2. The Morgan fingerprint density at radius 1 is 1.00 bits per heavy atom. The van der Waals surface area contributed by atoms with Crippen molar-refractivity contribution in [1.82, 2.24) is 14.8 Å². The minimum atomic E-state index is 0.162. The van der Waals surface area contributed by atoms with Crippen molar-refractivity contribution in [3.8, 4) is 0 Å². The Balaban J connectivity index is 1.16. The van der Waals surface area contributed by atoms with Crippen LogP contribution in [0.1, 0.15) is 60.0 Å². The molecule has 0 spiro atoms. The maximum atomic E-state index is 13.6. The average molecular weight is 454 g/mol. The van der Waals surface area contributed by atoms with Gasteiger partial charge in [0.15, 0.2) is 0 Å². The van der Waals surface area contributed by atoms with Gasteiger partial charge < -0.3 is 9.80 Å². The minimum absolute atomic E-state index is 0.162. The molecule has 0 aliphatic carbocycles. The van der Waals surface area contributed by atoms with Crippen molar-refractivity contribution < 1.29 is 9.59 Å². The lowest BCUT2D eigenvalue weighted by molar-refractivity contribution is -0.128. The molecule has 5 heteroatoms. The van der Waals surface area contributed by atoms with Gasteiger partial charge in [0.25, 0.3) is 5.91 Å². The molecule has 3 fully saturated rings. The van der Waals surface area contributed by atoms with E-state index in [1.54, 1.807) is 0 Å². The van der Waals surface area contributed by atoms with Gasteiger partial charge in [-0.25, -0.2) is 0 Å². The molecule has 3 aliphatic heterocycles. The summed E-state index contributed by atoms with van der Waals surface area (Å²) in [6.45, 7) is 1.43. The predicted molar refractivity (Wildman–Crippen MR) is 132 cm³/mol. The van der Waals surface area contributed by atoms with Crippen LogP contribution in [0.5, 0.6) is 0 Å². The Kier molecular flexibility index (Phi) is 5.56. The lowest BCUT2D eigenvalue weighted by Crippen LogP contribution is -2.47. The molecule has 3 aromatic rings. The topological polar surface area (TPSA) is 53.5 Å². The summed E-state index contributed by atoms with van der Waals surface area (Å²) in [5, 5.41) is 1.25. The van der Waals surface area contributed by atoms with Crippen LogP contribution in [0.2, 0.25) is 0 Å². The van der Waals surface area contributed by atoms with Gasteiger partial charge in [0, 0.05) is 48.7 Å². The first-order valence-electron chi connectivity index (χ1n) is 12.7. The van der Waals surface area contributed by atoms with E-state index >= 15 is 0 Å². The summed E-state index contributed by atoms with van der Waals surface area (Å²) in [6.07, 6.45) is 8.84. The van der Waals surface area contributed by atoms with E-state index in [4.69, 9.17) is 0 Å². The van der Waals surface area contributed by atoms with Crippen LogP contribution < -0.4 is 0 Å². The van der Waals surface area contributed by atoms with E-state index in [0.29, 0.717) is 31.0 Å². The number of pyridine rings is 1. The van der Waals surface area contributed by atoms with Crippen molar-refractivity contribution in [3.63, 3.8) is 0 Å². The zero-order valence-electron chi connectivity index (χ0n) is 19.5. The highest BCUT2D eigenvalue weighted by Gasteiger charge is 2.43. The Morgan fingerprint density at radius 3 is 2.62 bits per heavy atom. The monoisotopic (exact) mass is 453 g/mol. The fourth-order valence-electron chi connectivity index (χ4n) is 6.49. The highest BCUT2D eigenvalue weighted by atomic mass is 16.2. The summed E-state index contributed by atoms with van der Waals surface area (Å²) in [5.41, 5.74) is 4.25. The van der Waals surface area contributed by atoms with Crippen molar-refractivity contribution in [2.45, 2.75) is 63.6 Å². The molecule has 34 heavy (non-hydrogen) atoms. The zero-order chi connectivity index (χ0) is 23.1. The first-order valence-corrected chi connectivity index (χ1v) is 12.7. The van der Waals surface area contributed by atoms with Gasteiger partial charge in [-0.05, 0) is 79.8 Å². The number of aromatic nitrogens is 1. The Hall–Kier alpha value is -3.21. The predicted octanol–water partition coefficient (Wildman–Crippen LogP) is 4.98. The fourth-order valence-corrected chi connectivity index (χ4v) is 6.49. The third-order valence-electron chi connectivity index (χ3n) is 8.03. The third kappa shape index (κ3) is 3.97. The summed E-state index contributed by atoms with van der Waals surface area (Å²) < 4.78 is 0. The SMILES string of the molecule is O=C1CCCN1Cc1cccc(C(=O)N2C3CCC2CC(Cc2cccc4ncccc24)C3)c1. The highest BCUT2D eigenvalue weighted by Crippen LogP contribution is 2.41. The van der Waals surface area contributed by atoms with Crippen molar-refractivity contribution in [2.24, 2.45) is 5.92 Å². The molecule has 2 unspecified atom stereocenters. The molecule has 3 saturated heterocycles. The molecule has 0 N–H and O–H groups in total. The van der Waals surface area contributed by atoms with Crippen LogP contribution in [0, 0.1) is 5.92 Å². The summed E-state index contributed by atoms with van der Waals surface area (Å²) in [4.78, 5) is 34.2. The second kappa shape index (κ2) is 8.86. The highest BCUT2D eigenvalue weighted by molar-refractivity contribution is 5.95. The third-order valence-corrected chi connectivity index (χ3v) is 8.03. The second-order valence-corrected chi connectivity index (χ2v) is 10.2. The van der Waals surface area contributed by atoms with Crippen LogP contribution in [-0.2, 0) is 17.8 Å². The molecule has 2 aromatic carbocycles. The van der Waals surface area contributed by atoms with Gasteiger partial charge in [-0.3, -0.25) is 14.6 Å². The molecule has 2 atom stereocenters. The summed E-state index contributed by atoms with van der Waals surface area (Å²) >= 11 is 0. The average Bonchev–Trinajstić information content (AvgIpc) is 3.38. The van der Waals surface area contributed by atoms with Crippen LogP contribution in [-0.4, -0.2) is 45.2 Å². The van der Waals surface area contributed by atoms with Gasteiger partial charge in [-0.15, -0.1) is 0 Å². The van der Waals surface area contributed by atoms with Gasteiger partial charge in [0.05, 0.1) is 5.52 Å². The molecular formula is C29H31N3O2. The number of benzene rings is 2. The zero-order valence-corrected chi connectivity index (χ0v) is 19.5. The molecule has 174 valence electrons. The van der Waals surface area contributed by atoms with Gasteiger partial charge in [-0.2, -0.15) is 0 Å². The summed E-state index contributed by atoms with van der Waals surface area (Å²) in [5.74, 6) is 0.980. The van der Waals surface area contributed by atoms with Crippen molar-refractivity contribution in [1.29, 1.82) is 0 Å². The van der Waals surface area contributed by atoms with E-state index in [-0.39, 0.29) is 11.8 Å². The van der Waals surface area contributed by atoms with Crippen LogP contribution in [0.4, 0.5) is 0 Å². The molecule has 5 nitrogen and oxygen atoms in total. The van der Waals surface area contributed by atoms with Crippen LogP contribution >= 0.6 is 0 Å². The van der Waals surface area contributed by atoms with Crippen molar-refractivity contribution in [3.05, 3.63) is 77.5 Å². The molecule has 2 bridgehead atoms. The number of hydrogen-bond donors (Lipinski definition) is 0. The van der Waals surface area contributed by atoms with Gasteiger partial charge in [-0.1, -0.05) is 30.3 Å². The summed E-state index contributed by atoms with van der Waals surface area (Å²) in [7, 11) is 0. The van der Waals surface area contributed by atoms with E-state index < -0.39 is 0 Å². The number of fused-ring (bicyclic) bond motifs is 3. The number of hydrogen-bond acceptors (Lipinski definition) is 3. The van der Waals surface area contributed by atoms with E-state index in [9.17, 15) is 9.59 Å². The van der Waals surface area contributed by atoms with E-state index in [2.05, 4.69) is 34.1 Å². The molecule has 2 amide bonds. The quantitative estimate of drug-likeness (QED) is 0.547. The van der Waals surface area contributed by atoms with E-state index in [1.165, 1.54) is 10.9 Å². The fraction of sp³-hybridized carbons (Fsp3) is 0.414. The summed E-state index contributed by atoms with van der Waals surface area (Å²) in [6, 6.07) is 19.2. The number of amides is 2. The smallest absolute Gasteiger partial charge is 0.254 e. The Bertz CT molecular complexity index is 1220. The van der Waals surface area contributed by atoms with Gasteiger partial charge >= 0.3 is 0 Å². The maximum Gasteiger partial charge on any atom is 0.254 e. The van der Waals surface area contributed by atoms with Crippen molar-refractivity contribution >= 4 is 22.7 Å². The van der Waals surface area contributed by atoms with Crippen molar-refractivity contribution in [2.75, 3.05) is 6.54 Å². The van der Waals surface area contributed by atoms with Crippen LogP contribution in [0.25, 0.3) is 10.9 Å². The largest absolute Gasteiger partial charge is 0.338 e. The number of rotatable bonds is 5. The minimum Gasteiger partial charge on any atom is -0.338 e. The lowest BCUT2D eigenvalue weighted by Gasteiger charge is -2.39. The number of carbonyl (C=O) groups excluding carboxylic acids is 2. The maximum absolute atomic E-state index is 13.6. The molecule has 3 aliphatic rings. The number of nitrogens with zero attached hydrogens (tertiary/aromatic N) is 3. The standard InChI is InChI=1S/C29H31N3O2/c33-28-10-4-14-31(28)19-20-5-1-7-23(15-20)29(34)32-24-11-12-25(32)18-21(17-24)16-22-6-2-9-27-26(22)8-3-13-30-27/h1-3,5-9,13,15,21,24-25H,4,10-12,14,16-19H2. The van der Waals surface area contributed by atoms with Crippen LogP contribution in [0.15, 0.2) is 60.8 Å². The molecule has 6 rings (SSSR count). The number of piperidine rings is 1. The Labute approximate surface area is 200 Å². The normalized spacial score (nSPS) is 24.2. The Morgan fingerprint density at radius 2 is 1.82 bits per heavy atom. The van der Waals surface area contributed by atoms with Gasteiger partial charge in [0.2, 0.25) is 5.91 Å². The molecular weight excluding hydrogens is 422 g/mol. The van der Waals surface area contributed by atoms with Crippen LogP contribution in [0.3, 0.4) is 0 Å². The first-order chi connectivity index (χ1) is 16.7. The van der Waals surface area contributed by atoms with E-state index in [1.807, 2.05) is 41.4 Å². The molecule has 0 radical (unpaired) electrons. The molecule has 1 aromatic heterocycles. The first kappa shape index (κ1) is 21.3. The molecule has 4 heterocycles. The van der Waals surface area contributed by atoms with E-state index in [0.717, 1.165) is 61.7 Å².